The number of rotatable bonds is 9. The highest BCUT2D eigenvalue weighted by Crippen LogP contribution is 2.15. The molecule has 0 saturated heterocycles. The van der Waals surface area contributed by atoms with Gasteiger partial charge in [0, 0.05) is 37.9 Å². The minimum Gasteiger partial charge on any atom is -0.357 e. The first kappa shape index (κ1) is 25.2. The molecule has 3 aromatic rings. The van der Waals surface area contributed by atoms with Crippen molar-refractivity contribution < 1.29 is 8.42 Å². The quantitative estimate of drug-likeness (QED) is 0.164. The minimum atomic E-state index is -3.65. The lowest BCUT2D eigenvalue weighted by molar-refractivity contribution is 0.598. The first-order chi connectivity index (χ1) is 14.5. The van der Waals surface area contributed by atoms with Gasteiger partial charge in [-0.1, -0.05) is 30.3 Å². The van der Waals surface area contributed by atoms with Crippen molar-refractivity contribution in [3.63, 3.8) is 0 Å². The number of sulfonamides is 1. The topological polar surface area (TPSA) is 102 Å². The van der Waals surface area contributed by atoms with Crippen LogP contribution in [0.2, 0.25) is 0 Å². The third-order valence-electron chi connectivity index (χ3n) is 4.81. The van der Waals surface area contributed by atoms with Crippen LogP contribution in [0.4, 0.5) is 0 Å². The van der Waals surface area contributed by atoms with Gasteiger partial charge in [0.15, 0.2) is 5.96 Å². The molecule has 9 heteroatoms. The SMILES string of the molecule is CCNC(=NCCCn1ccc2ccccc21)NCCc1ccc(S(N)(=O)=O)cc1.I. The second kappa shape index (κ2) is 12.1. The van der Waals surface area contributed by atoms with E-state index in [1.807, 2.05) is 6.92 Å². The smallest absolute Gasteiger partial charge is 0.238 e. The second-order valence-electron chi connectivity index (χ2n) is 7.05. The number of hydrogen-bond acceptors (Lipinski definition) is 3. The Bertz CT molecular complexity index is 1090. The number of aryl methyl sites for hydroxylation is 1. The number of para-hydroxylation sites is 1. The van der Waals surface area contributed by atoms with Gasteiger partial charge in [-0.05, 0) is 55.0 Å². The molecule has 7 nitrogen and oxygen atoms in total. The van der Waals surface area contributed by atoms with Crippen LogP contribution in [0.15, 0.2) is 70.7 Å². The van der Waals surface area contributed by atoms with E-state index < -0.39 is 10.0 Å². The van der Waals surface area contributed by atoms with E-state index in [0.29, 0.717) is 6.54 Å². The maximum Gasteiger partial charge on any atom is 0.238 e. The third-order valence-corrected chi connectivity index (χ3v) is 5.74. The average Bonchev–Trinajstić information content (AvgIpc) is 3.14. The Morgan fingerprint density at radius 3 is 2.52 bits per heavy atom. The number of aliphatic imine (C=N–C) groups is 1. The maximum absolute atomic E-state index is 11.3. The van der Waals surface area contributed by atoms with Gasteiger partial charge in [-0.3, -0.25) is 4.99 Å². The van der Waals surface area contributed by atoms with Gasteiger partial charge in [0.2, 0.25) is 10.0 Å². The first-order valence-corrected chi connectivity index (χ1v) is 11.7. The van der Waals surface area contributed by atoms with Crippen LogP contribution in [0.25, 0.3) is 10.9 Å². The number of nitrogens with two attached hydrogens (primary N) is 1. The summed E-state index contributed by atoms with van der Waals surface area (Å²) in [7, 11) is -3.65. The molecule has 0 radical (unpaired) electrons. The fourth-order valence-electron chi connectivity index (χ4n) is 3.28. The molecule has 0 aliphatic heterocycles. The van der Waals surface area contributed by atoms with E-state index >= 15 is 0 Å². The molecular formula is C22H30IN5O2S. The molecule has 0 fully saturated rings. The number of aromatic nitrogens is 1. The zero-order chi connectivity index (χ0) is 21.4. The van der Waals surface area contributed by atoms with E-state index in [1.54, 1.807) is 12.1 Å². The van der Waals surface area contributed by atoms with E-state index in [9.17, 15) is 8.42 Å². The summed E-state index contributed by atoms with van der Waals surface area (Å²) in [4.78, 5) is 4.79. The molecule has 1 aromatic heterocycles. The number of primary sulfonamides is 1. The molecule has 1 heterocycles. The summed E-state index contributed by atoms with van der Waals surface area (Å²) in [5.41, 5.74) is 2.28. The number of fused-ring (bicyclic) bond motifs is 1. The fraction of sp³-hybridized carbons (Fsp3) is 0.318. The highest BCUT2D eigenvalue weighted by Gasteiger charge is 2.06. The normalized spacial score (nSPS) is 11.9. The van der Waals surface area contributed by atoms with Crippen molar-refractivity contribution in [1.82, 2.24) is 15.2 Å². The van der Waals surface area contributed by atoms with Crippen LogP contribution in [-0.4, -0.2) is 38.6 Å². The van der Waals surface area contributed by atoms with Gasteiger partial charge < -0.3 is 15.2 Å². The van der Waals surface area contributed by atoms with E-state index in [0.717, 1.165) is 44.0 Å². The molecule has 0 saturated carbocycles. The summed E-state index contributed by atoms with van der Waals surface area (Å²) in [6, 6.07) is 17.2. The summed E-state index contributed by atoms with van der Waals surface area (Å²) >= 11 is 0. The minimum absolute atomic E-state index is 0. The Hall–Kier alpha value is -2.11. The highest BCUT2D eigenvalue weighted by molar-refractivity contribution is 14.0. The van der Waals surface area contributed by atoms with E-state index in [2.05, 4.69) is 56.7 Å². The van der Waals surface area contributed by atoms with Gasteiger partial charge in [0.1, 0.15) is 0 Å². The van der Waals surface area contributed by atoms with E-state index in [4.69, 9.17) is 5.14 Å². The number of nitrogens with zero attached hydrogens (tertiary/aromatic N) is 2. The zero-order valence-electron chi connectivity index (χ0n) is 17.6. The molecule has 31 heavy (non-hydrogen) atoms. The second-order valence-corrected chi connectivity index (χ2v) is 8.61. The zero-order valence-corrected chi connectivity index (χ0v) is 20.8. The molecule has 0 spiro atoms. The number of benzene rings is 2. The van der Waals surface area contributed by atoms with Crippen LogP contribution >= 0.6 is 24.0 Å². The van der Waals surface area contributed by atoms with Crippen LogP contribution in [0, 0.1) is 0 Å². The molecule has 0 aliphatic carbocycles. The molecule has 3 rings (SSSR count). The first-order valence-electron chi connectivity index (χ1n) is 10.1. The van der Waals surface area contributed by atoms with E-state index in [-0.39, 0.29) is 28.9 Å². The fourth-order valence-corrected chi connectivity index (χ4v) is 3.80. The summed E-state index contributed by atoms with van der Waals surface area (Å²) < 4.78 is 24.9. The molecule has 0 bridgehead atoms. The molecule has 0 unspecified atom stereocenters. The third kappa shape index (κ3) is 7.51. The van der Waals surface area contributed by atoms with Crippen molar-refractivity contribution in [3.05, 3.63) is 66.4 Å². The Morgan fingerprint density at radius 1 is 1.06 bits per heavy atom. The van der Waals surface area contributed by atoms with Gasteiger partial charge in [-0.15, -0.1) is 24.0 Å². The average molecular weight is 555 g/mol. The van der Waals surface area contributed by atoms with Crippen molar-refractivity contribution in [2.75, 3.05) is 19.6 Å². The molecule has 0 amide bonds. The number of guanidine groups is 1. The van der Waals surface area contributed by atoms with Gasteiger partial charge in [0.25, 0.3) is 0 Å². The number of hydrogen-bond donors (Lipinski definition) is 3. The van der Waals surface area contributed by atoms with Crippen molar-refractivity contribution in [1.29, 1.82) is 0 Å². The number of halogens is 1. The van der Waals surface area contributed by atoms with Crippen LogP contribution in [0.5, 0.6) is 0 Å². The standard InChI is InChI=1S/C22H29N5O2S.HI/c1-2-24-22(26-15-12-18-8-10-20(11-9-18)30(23,28)29)25-14-5-16-27-17-13-19-6-3-4-7-21(19)27;/h3-4,6-11,13,17H,2,5,12,14-16H2,1H3,(H2,23,28,29)(H2,24,25,26);1H. The van der Waals surface area contributed by atoms with Crippen LogP contribution in [0.1, 0.15) is 18.9 Å². The van der Waals surface area contributed by atoms with Gasteiger partial charge in [-0.25, -0.2) is 13.6 Å². The lowest BCUT2D eigenvalue weighted by atomic mass is 10.1. The van der Waals surface area contributed by atoms with Crippen LogP contribution < -0.4 is 15.8 Å². The van der Waals surface area contributed by atoms with Crippen LogP contribution in [0.3, 0.4) is 0 Å². The summed E-state index contributed by atoms with van der Waals surface area (Å²) in [5, 5.41) is 13.0. The monoisotopic (exact) mass is 555 g/mol. The lowest BCUT2D eigenvalue weighted by Crippen LogP contribution is -2.38. The summed E-state index contributed by atoms with van der Waals surface area (Å²) in [6.07, 6.45) is 3.83. The van der Waals surface area contributed by atoms with Crippen LogP contribution in [-0.2, 0) is 23.0 Å². The molecule has 2 aromatic carbocycles. The Kier molecular flexibility index (Phi) is 9.79. The van der Waals surface area contributed by atoms with Crippen molar-refractivity contribution in [2.24, 2.45) is 10.1 Å². The summed E-state index contributed by atoms with van der Waals surface area (Å²) in [5.74, 6) is 0.788. The molecule has 168 valence electrons. The van der Waals surface area contributed by atoms with Crippen molar-refractivity contribution in [3.8, 4) is 0 Å². The summed E-state index contributed by atoms with van der Waals surface area (Å²) in [6.45, 7) is 5.17. The Balaban J connectivity index is 0.00000341. The predicted octanol–water partition coefficient (Wildman–Crippen LogP) is 3.09. The van der Waals surface area contributed by atoms with Gasteiger partial charge >= 0.3 is 0 Å². The van der Waals surface area contributed by atoms with Crippen molar-refractivity contribution >= 4 is 50.9 Å². The molecule has 0 atom stereocenters. The Morgan fingerprint density at radius 2 is 1.81 bits per heavy atom. The predicted molar refractivity (Wildman–Crippen MR) is 137 cm³/mol. The maximum atomic E-state index is 11.3. The van der Waals surface area contributed by atoms with Gasteiger partial charge in [0.05, 0.1) is 4.90 Å². The lowest BCUT2D eigenvalue weighted by Gasteiger charge is -2.12. The Labute approximate surface area is 201 Å². The number of nitrogens with one attached hydrogen (secondary N) is 2. The molecule has 4 N–H and O–H groups in total. The highest BCUT2D eigenvalue weighted by atomic mass is 127. The van der Waals surface area contributed by atoms with E-state index in [1.165, 1.54) is 23.0 Å². The molecular weight excluding hydrogens is 525 g/mol. The van der Waals surface area contributed by atoms with Gasteiger partial charge in [-0.2, -0.15) is 0 Å². The molecule has 0 aliphatic rings. The largest absolute Gasteiger partial charge is 0.357 e. The van der Waals surface area contributed by atoms with Crippen molar-refractivity contribution in [2.45, 2.75) is 31.2 Å².